The zero-order valence-corrected chi connectivity index (χ0v) is 18.9. The van der Waals surface area contributed by atoms with Crippen LogP contribution in [0.1, 0.15) is 44.5 Å². The molecule has 3 aromatic heterocycles. The summed E-state index contributed by atoms with van der Waals surface area (Å²) in [5.74, 6) is 3.08. The molecule has 8 nitrogen and oxygen atoms in total. The van der Waals surface area contributed by atoms with E-state index in [4.69, 9.17) is 13.7 Å². The predicted octanol–water partition coefficient (Wildman–Crippen LogP) is 5.47. The van der Waals surface area contributed by atoms with Gasteiger partial charge in [0, 0.05) is 31.3 Å². The quantitative estimate of drug-likeness (QED) is 0.426. The zero-order valence-electron chi connectivity index (χ0n) is 18.9. The van der Waals surface area contributed by atoms with E-state index < -0.39 is 0 Å². The first kappa shape index (κ1) is 23.7. The molecule has 0 atom stereocenters. The first-order chi connectivity index (χ1) is 15.0. The van der Waals surface area contributed by atoms with Crippen molar-refractivity contribution in [2.24, 2.45) is 0 Å². The summed E-state index contributed by atoms with van der Waals surface area (Å²) in [6, 6.07) is 9.54. The molecular weight excluding hydrogens is 394 g/mol. The molecular formula is C23H29N5O3. The molecule has 0 bridgehead atoms. The van der Waals surface area contributed by atoms with Crippen LogP contribution in [0.25, 0.3) is 22.8 Å². The van der Waals surface area contributed by atoms with E-state index in [0.29, 0.717) is 23.5 Å². The third-order valence-corrected chi connectivity index (χ3v) is 3.82. The van der Waals surface area contributed by atoms with Gasteiger partial charge in [-0.05, 0) is 31.2 Å². The van der Waals surface area contributed by atoms with Crippen LogP contribution in [0.5, 0.6) is 5.75 Å². The maximum atomic E-state index is 5.28. The van der Waals surface area contributed by atoms with Crippen LogP contribution in [-0.2, 0) is 6.42 Å². The number of aromatic nitrogens is 5. The summed E-state index contributed by atoms with van der Waals surface area (Å²) >= 11 is 0. The van der Waals surface area contributed by atoms with Gasteiger partial charge in [0.1, 0.15) is 5.75 Å². The van der Waals surface area contributed by atoms with Crippen molar-refractivity contribution in [3.05, 3.63) is 60.1 Å². The fourth-order valence-electron chi connectivity index (χ4n) is 2.41. The van der Waals surface area contributed by atoms with E-state index >= 15 is 0 Å². The first-order valence-corrected chi connectivity index (χ1v) is 10.2. The molecule has 0 amide bonds. The fraction of sp³-hybridized carbons (Fsp3) is 0.348. The smallest absolute Gasteiger partial charge is 0.247 e. The molecule has 0 radical (unpaired) electrons. The number of nitrogens with zero attached hydrogens (tertiary/aromatic N) is 5. The summed E-state index contributed by atoms with van der Waals surface area (Å²) in [6.07, 6.45) is 5.37. The van der Waals surface area contributed by atoms with E-state index in [1.807, 2.05) is 44.2 Å². The number of aryl methyl sites for hydroxylation is 3. The lowest BCUT2D eigenvalue weighted by Gasteiger charge is -2.05. The highest BCUT2D eigenvalue weighted by atomic mass is 16.5. The third-order valence-electron chi connectivity index (χ3n) is 3.82. The van der Waals surface area contributed by atoms with Gasteiger partial charge >= 0.3 is 0 Å². The summed E-state index contributed by atoms with van der Waals surface area (Å²) in [7, 11) is 1.63. The van der Waals surface area contributed by atoms with Crippen LogP contribution in [-0.4, -0.2) is 32.4 Å². The van der Waals surface area contributed by atoms with E-state index in [9.17, 15) is 0 Å². The van der Waals surface area contributed by atoms with E-state index in [-0.39, 0.29) is 0 Å². The standard InChI is InChI=1S/C12H14N2O2.C8H7N3O.C3H8/c1-4-11-13-12(14-16-11)9-7-8(2)5-6-10(9)15-3;1-6-10-11-8(12-6)7-2-4-9-5-3-7;1-3-2/h5-7H,4H2,1-3H3;2-5H,1H3;3H2,1-2H3. The Kier molecular flexibility index (Phi) is 9.35. The van der Waals surface area contributed by atoms with Gasteiger partial charge in [-0.3, -0.25) is 4.98 Å². The molecule has 0 unspecified atom stereocenters. The van der Waals surface area contributed by atoms with Gasteiger partial charge in [0.15, 0.2) is 0 Å². The average Bonchev–Trinajstić information content (AvgIpc) is 3.44. The lowest BCUT2D eigenvalue weighted by molar-refractivity contribution is 0.382. The van der Waals surface area contributed by atoms with Crippen molar-refractivity contribution < 1.29 is 13.7 Å². The van der Waals surface area contributed by atoms with Crippen LogP contribution in [0, 0.1) is 13.8 Å². The Labute approximate surface area is 182 Å². The van der Waals surface area contributed by atoms with Gasteiger partial charge < -0.3 is 13.7 Å². The highest BCUT2D eigenvalue weighted by molar-refractivity contribution is 5.64. The second kappa shape index (κ2) is 12.2. The molecule has 4 aromatic rings. The topological polar surface area (TPSA) is 100.0 Å². The van der Waals surface area contributed by atoms with Crippen molar-refractivity contribution in [2.45, 2.75) is 47.5 Å². The zero-order chi connectivity index (χ0) is 22.6. The summed E-state index contributed by atoms with van der Waals surface area (Å²) in [5.41, 5.74) is 2.90. The summed E-state index contributed by atoms with van der Waals surface area (Å²) in [4.78, 5) is 8.18. The average molecular weight is 424 g/mol. The number of ether oxygens (including phenoxy) is 1. The minimum Gasteiger partial charge on any atom is -0.496 e. The molecule has 4 rings (SSSR count). The second-order valence-electron chi connectivity index (χ2n) is 6.64. The highest BCUT2D eigenvalue weighted by Gasteiger charge is 2.12. The summed E-state index contributed by atoms with van der Waals surface area (Å²) in [6.45, 7) is 10.0. The molecule has 0 aliphatic carbocycles. The molecule has 0 fully saturated rings. The van der Waals surface area contributed by atoms with Crippen molar-refractivity contribution in [3.63, 3.8) is 0 Å². The van der Waals surface area contributed by atoms with Crippen molar-refractivity contribution >= 4 is 0 Å². The van der Waals surface area contributed by atoms with E-state index in [0.717, 1.165) is 28.9 Å². The van der Waals surface area contributed by atoms with Crippen molar-refractivity contribution in [3.8, 4) is 28.6 Å². The van der Waals surface area contributed by atoms with E-state index in [1.54, 1.807) is 26.4 Å². The van der Waals surface area contributed by atoms with E-state index in [2.05, 4.69) is 39.2 Å². The number of pyridine rings is 1. The molecule has 3 heterocycles. The number of hydrogen-bond acceptors (Lipinski definition) is 8. The van der Waals surface area contributed by atoms with Gasteiger partial charge in [0.2, 0.25) is 23.5 Å². The molecule has 31 heavy (non-hydrogen) atoms. The molecule has 8 heteroatoms. The minimum atomic E-state index is 0.537. The molecule has 0 saturated carbocycles. The van der Waals surface area contributed by atoms with Crippen LogP contribution >= 0.6 is 0 Å². The Morgan fingerprint density at radius 1 is 0.968 bits per heavy atom. The van der Waals surface area contributed by atoms with Crippen molar-refractivity contribution in [2.75, 3.05) is 7.11 Å². The largest absolute Gasteiger partial charge is 0.496 e. The maximum Gasteiger partial charge on any atom is 0.247 e. The Morgan fingerprint density at radius 3 is 2.23 bits per heavy atom. The Bertz CT molecular complexity index is 1040. The SMILES string of the molecule is CCC.CCc1nc(-c2cc(C)ccc2OC)no1.Cc1nnc(-c2ccncc2)o1. The lowest BCUT2D eigenvalue weighted by Crippen LogP contribution is -1.90. The van der Waals surface area contributed by atoms with Crippen LogP contribution < -0.4 is 4.74 Å². The van der Waals surface area contributed by atoms with Gasteiger partial charge in [-0.25, -0.2) is 0 Å². The fourth-order valence-corrected chi connectivity index (χ4v) is 2.41. The van der Waals surface area contributed by atoms with Crippen LogP contribution in [0.15, 0.2) is 51.7 Å². The van der Waals surface area contributed by atoms with Crippen molar-refractivity contribution in [1.82, 2.24) is 25.3 Å². The number of methoxy groups -OCH3 is 1. The molecule has 0 spiro atoms. The number of benzene rings is 1. The Balaban J connectivity index is 0.000000201. The second-order valence-corrected chi connectivity index (χ2v) is 6.64. The van der Waals surface area contributed by atoms with Crippen molar-refractivity contribution in [1.29, 1.82) is 0 Å². The number of hydrogen-bond donors (Lipinski definition) is 0. The summed E-state index contributed by atoms with van der Waals surface area (Å²) < 4.78 is 15.6. The lowest BCUT2D eigenvalue weighted by atomic mass is 10.1. The van der Waals surface area contributed by atoms with Gasteiger partial charge in [0.05, 0.1) is 12.7 Å². The van der Waals surface area contributed by atoms with Crippen LogP contribution in [0.2, 0.25) is 0 Å². The van der Waals surface area contributed by atoms with Crippen LogP contribution in [0.3, 0.4) is 0 Å². The van der Waals surface area contributed by atoms with Crippen LogP contribution in [0.4, 0.5) is 0 Å². The van der Waals surface area contributed by atoms with Gasteiger partial charge in [-0.2, -0.15) is 4.98 Å². The molecule has 0 saturated heterocycles. The first-order valence-electron chi connectivity index (χ1n) is 10.2. The molecule has 1 aromatic carbocycles. The predicted molar refractivity (Wildman–Crippen MR) is 119 cm³/mol. The molecule has 0 N–H and O–H groups in total. The minimum absolute atomic E-state index is 0.537. The van der Waals surface area contributed by atoms with Gasteiger partial charge in [-0.15, -0.1) is 10.2 Å². The molecule has 0 aliphatic rings. The Morgan fingerprint density at radius 2 is 1.68 bits per heavy atom. The van der Waals surface area contributed by atoms with Gasteiger partial charge in [-0.1, -0.05) is 44.0 Å². The highest BCUT2D eigenvalue weighted by Crippen LogP contribution is 2.28. The monoisotopic (exact) mass is 423 g/mol. The number of rotatable bonds is 4. The maximum absolute atomic E-state index is 5.28. The summed E-state index contributed by atoms with van der Waals surface area (Å²) in [5, 5.41) is 11.5. The third kappa shape index (κ3) is 7.02. The molecule has 0 aliphatic heterocycles. The Hall–Kier alpha value is -3.55. The van der Waals surface area contributed by atoms with Gasteiger partial charge in [0.25, 0.3) is 0 Å². The van der Waals surface area contributed by atoms with E-state index in [1.165, 1.54) is 6.42 Å². The normalized spacial score (nSPS) is 9.87. The molecule has 164 valence electrons.